The van der Waals surface area contributed by atoms with E-state index < -0.39 is 0 Å². The Balaban J connectivity index is 2.55. The molecule has 0 radical (unpaired) electrons. The molecule has 0 fully saturated rings. The Hall–Kier alpha value is -1.96. The van der Waals surface area contributed by atoms with E-state index >= 15 is 0 Å². The van der Waals surface area contributed by atoms with Crippen LogP contribution in [0.15, 0.2) is 42.5 Å². The van der Waals surface area contributed by atoms with Gasteiger partial charge in [0.15, 0.2) is 0 Å². The van der Waals surface area contributed by atoms with Gasteiger partial charge >= 0.3 is 0 Å². The summed E-state index contributed by atoms with van der Waals surface area (Å²) in [5, 5.41) is 19.0. The van der Waals surface area contributed by atoms with Gasteiger partial charge in [0.25, 0.3) is 0 Å². The highest BCUT2D eigenvalue weighted by Gasteiger charge is 2.07. The summed E-state index contributed by atoms with van der Waals surface area (Å²) in [6.45, 7) is 2.01. The number of benzene rings is 2. The van der Waals surface area contributed by atoms with Crippen LogP contribution in [0.4, 0.5) is 0 Å². The number of hydrogen-bond donors (Lipinski definition) is 2. The zero-order valence-electron chi connectivity index (χ0n) is 9.14. The van der Waals surface area contributed by atoms with Crippen molar-refractivity contribution in [3.05, 3.63) is 48.0 Å². The van der Waals surface area contributed by atoms with Crippen LogP contribution >= 0.6 is 0 Å². The first-order chi connectivity index (χ1) is 7.72. The summed E-state index contributed by atoms with van der Waals surface area (Å²) in [5.74, 6) is 0.579. The van der Waals surface area contributed by atoms with E-state index in [9.17, 15) is 10.2 Å². The van der Waals surface area contributed by atoms with Gasteiger partial charge in [-0.3, -0.25) is 0 Å². The summed E-state index contributed by atoms with van der Waals surface area (Å²) in [6, 6.07) is 12.5. The van der Waals surface area contributed by atoms with Crippen molar-refractivity contribution in [1.29, 1.82) is 0 Å². The first-order valence-corrected chi connectivity index (χ1v) is 5.32. The van der Waals surface area contributed by atoms with Gasteiger partial charge in [0.05, 0.1) is 0 Å². The molecule has 0 saturated heterocycles. The van der Waals surface area contributed by atoms with E-state index in [1.165, 1.54) is 0 Å². The van der Waals surface area contributed by atoms with Crippen LogP contribution in [0.5, 0.6) is 11.5 Å². The fourth-order valence-electron chi connectivity index (χ4n) is 1.86. The van der Waals surface area contributed by atoms with E-state index in [0.29, 0.717) is 5.75 Å². The van der Waals surface area contributed by atoms with E-state index in [-0.39, 0.29) is 5.75 Å². The SMILES string of the molecule is CCc1c(O)cccc1-c1ccc(O)cc1. The average Bonchev–Trinajstić information content (AvgIpc) is 2.30. The molecular formula is C14H14O2. The molecule has 2 N–H and O–H groups in total. The molecule has 0 heterocycles. The van der Waals surface area contributed by atoms with Crippen molar-refractivity contribution in [2.45, 2.75) is 13.3 Å². The van der Waals surface area contributed by atoms with Gasteiger partial charge in [0.2, 0.25) is 0 Å². The Morgan fingerprint density at radius 2 is 1.62 bits per heavy atom. The smallest absolute Gasteiger partial charge is 0.119 e. The van der Waals surface area contributed by atoms with Gasteiger partial charge in [-0.2, -0.15) is 0 Å². The van der Waals surface area contributed by atoms with Gasteiger partial charge < -0.3 is 10.2 Å². The highest BCUT2D eigenvalue weighted by molar-refractivity contribution is 5.70. The molecule has 2 aromatic rings. The van der Waals surface area contributed by atoms with Crippen LogP contribution in [-0.2, 0) is 6.42 Å². The van der Waals surface area contributed by atoms with Crippen LogP contribution in [0, 0.1) is 0 Å². The van der Waals surface area contributed by atoms with Crippen molar-refractivity contribution >= 4 is 0 Å². The second kappa shape index (κ2) is 4.27. The van der Waals surface area contributed by atoms with Gasteiger partial charge in [-0.15, -0.1) is 0 Å². The quantitative estimate of drug-likeness (QED) is 0.805. The van der Waals surface area contributed by atoms with Crippen LogP contribution in [0.2, 0.25) is 0 Å². The lowest BCUT2D eigenvalue weighted by molar-refractivity contribution is 0.469. The van der Waals surface area contributed by atoms with Gasteiger partial charge in [0.1, 0.15) is 11.5 Å². The van der Waals surface area contributed by atoms with Crippen molar-refractivity contribution in [2.24, 2.45) is 0 Å². The molecule has 0 aromatic heterocycles. The van der Waals surface area contributed by atoms with E-state index in [1.807, 2.05) is 31.2 Å². The van der Waals surface area contributed by atoms with Crippen molar-refractivity contribution in [1.82, 2.24) is 0 Å². The molecule has 0 saturated carbocycles. The molecule has 0 amide bonds. The molecule has 0 aliphatic carbocycles. The molecule has 2 rings (SSSR count). The summed E-state index contributed by atoms with van der Waals surface area (Å²) in [5.41, 5.74) is 2.96. The predicted octanol–water partition coefficient (Wildman–Crippen LogP) is 3.33. The number of aromatic hydroxyl groups is 2. The Labute approximate surface area is 94.8 Å². The van der Waals surface area contributed by atoms with Crippen molar-refractivity contribution in [3.63, 3.8) is 0 Å². The average molecular weight is 214 g/mol. The first kappa shape index (κ1) is 10.6. The lowest BCUT2D eigenvalue weighted by Gasteiger charge is -2.09. The van der Waals surface area contributed by atoms with Crippen LogP contribution in [-0.4, -0.2) is 10.2 Å². The summed E-state index contributed by atoms with van der Waals surface area (Å²) >= 11 is 0. The third-order valence-electron chi connectivity index (χ3n) is 2.68. The molecule has 2 heteroatoms. The molecular weight excluding hydrogens is 200 g/mol. The molecule has 0 spiro atoms. The summed E-state index contributed by atoms with van der Waals surface area (Å²) in [6.07, 6.45) is 0.781. The fraction of sp³-hybridized carbons (Fsp3) is 0.143. The van der Waals surface area contributed by atoms with E-state index in [2.05, 4.69) is 0 Å². The molecule has 2 aromatic carbocycles. The van der Waals surface area contributed by atoms with Crippen LogP contribution in [0.3, 0.4) is 0 Å². The van der Waals surface area contributed by atoms with Gasteiger partial charge in [-0.25, -0.2) is 0 Å². The van der Waals surface area contributed by atoms with E-state index in [4.69, 9.17) is 0 Å². The highest BCUT2D eigenvalue weighted by atomic mass is 16.3. The number of hydrogen-bond acceptors (Lipinski definition) is 2. The normalized spacial score (nSPS) is 10.3. The van der Waals surface area contributed by atoms with Gasteiger partial charge in [-0.1, -0.05) is 31.2 Å². The number of rotatable bonds is 2. The molecule has 82 valence electrons. The number of phenolic OH excluding ortho intramolecular Hbond substituents is 2. The standard InChI is InChI=1S/C14H14O2/c1-2-12-13(4-3-5-14(12)16)10-6-8-11(15)9-7-10/h3-9,15-16H,2H2,1H3. The van der Waals surface area contributed by atoms with Crippen LogP contribution in [0.1, 0.15) is 12.5 Å². The zero-order valence-corrected chi connectivity index (χ0v) is 9.14. The summed E-state index contributed by atoms with van der Waals surface area (Å²) in [4.78, 5) is 0. The maximum absolute atomic E-state index is 9.76. The molecule has 0 bridgehead atoms. The van der Waals surface area contributed by atoms with Crippen LogP contribution < -0.4 is 0 Å². The molecule has 0 aliphatic rings. The van der Waals surface area contributed by atoms with Gasteiger partial charge in [-0.05, 0) is 35.7 Å². The molecule has 2 nitrogen and oxygen atoms in total. The van der Waals surface area contributed by atoms with Gasteiger partial charge in [0, 0.05) is 5.56 Å². The number of phenols is 2. The Morgan fingerprint density at radius 1 is 0.938 bits per heavy atom. The Bertz CT molecular complexity index is 487. The lowest BCUT2D eigenvalue weighted by Crippen LogP contribution is -1.88. The fourth-order valence-corrected chi connectivity index (χ4v) is 1.86. The maximum Gasteiger partial charge on any atom is 0.119 e. The maximum atomic E-state index is 9.76. The molecule has 0 unspecified atom stereocenters. The minimum Gasteiger partial charge on any atom is -0.508 e. The Kier molecular flexibility index (Phi) is 2.82. The van der Waals surface area contributed by atoms with E-state index in [1.54, 1.807) is 18.2 Å². The van der Waals surface area contributed by atoms with Crippen molar-refractivity contribution in [3.8, 4) is 22.6 Å². The molecule has 0 aliphatic heterocycles. The minimum absolute atomic E-state index is 0.252. The van der Waals surface area contributed by atoms with E-state index in [0.717, 1.165) is 23.1 Å². The van der Waals surface area contributed by atoms with Crippen LogP contribution in [0.25, 0.3) is 11.1 Å². The summed E-state index contributed by atoms with van der Waals surface area (Å²) < 4.78 is 0. The molecule has 16 heavy (non-hydrogen) atoms. The monoisotopic (exact) mass is 214 g/mol. The zero-order chi connectivity index (χ0) is 11.5. The highest BCUT2D eigenvalue weighted by Crippen LogP contribution is 2.31. The predicted molar refractivity (Wildman–Crippen MR) is 64.6 cm³/mol. The second-order valence-electron chi connectivity index (χ2n) is 3.70. The van der Waals surface area contributed by atoms with Crippen molar-refractivity contribution in [2.75, 3.05) is 0 Å². The largest absolute Gasteiger partial charge is 0.508 e. The van der Waals surface area contributed by atoms with Crippen molar-refractivity contribution < 1.29 is 10.2 Å². The third kappa shape index (κ3) is 1.87. The third-order valence-corrected chi connectivity index (χ3v) is 2.68. The second-order valence-corrected chi connectivity index (χ2v) is 3.70. The Morgan fingerprint density at radius 3 is 2.25 bits per heavy atom. The topological polar surface area (TPSA) is 40.5 Å². The molecule has 0 atom stereocenters. The lowest BCUT2D eigenvalue weighted by atomic mass is 9.97. The minimum atomic E-state index is 0.252. The first-order valence-electron chi connectivity index (χ1n) is 5.32. The summed E-state index contributed by atoms with van der Waals surface area (Å²) in [7, 11) is 0.